The molecule has 0 bridgehead atoms. The van der Waals surface area contributed by atoms with E-state index < -0.39 is 18.2 Å². The lowest BCUT2D eigenvalue weighted by Crippen LogP contribution is -2.18. The van der Waals surface area contributed by atoms with Gasteiger partial charge >= 0.3 is 12.1 Å². The number of carbonyl (C=O) groups is 2. The number of aromatic nitrogens is 2. The van der Waals surface area contributed by atoms with Crippen LogP contribution >= 0.6 is 0 Å². The number of carbonyl (C=O) groups excluding carboxylic acids is 1. The lowest BCUT2D eigenvalue weighted by atomic mass is 9.97. The molecule has 0 spiro atoms. The molecular formula is C28H27N3O4. The van der Waals surface area contributed by atoms with Crippen LogP contribution in [0.1, 0.15) is 29.7 Å². The SMILES string of the molecule is Cc1cc(-c2ccc(-c3cnn(C)c3NC(=O)O[C@H](C)c3ccccc3)cc2)ccc1CC(=O)O. The third-order valence-electron chi connectivity index (χ3n) is 5.93. The maximum atomic E-state index is 12.6. The van der Waals surface area contributed by atoms with Crippen LogP contribution in [0.5, 0.6) is 0 Å². The third kappa shape index (κ3) is 5.58. The standard InChI is InChI=1S/C28H27N3O4/c1-18-15-24(14-13-23(18)16-26(32)33)21-9-11-22(12-10-21)25-17-29-31(3)27(25)30-28(34)35-19(2)20-7-5-4-6-8-20/h4-15,17,19H,16H2,1-3H3,(H,30,34)(H,32,33)/t19-/m1/s1. The van der Waals surface area contributed by atoms with Crippen molar-refractivity contribution in [3.05, 3.63) is 95.7 Å². The average Bonchev–Trinajstić information content (AvgIpc) is 3.20. The number of anilines is 1. The molecule has 3 aromatic carbocycles. The molecule has 1 aromatic heterocycles. The maximum absolute atomic E-state index is 12.6. The summed E-state index contributed by atoms with van der Waals surface area (Å²) in [6, 6.07) is 23.3. The second-order valence-corrected chi connectivity index (χ2v) is 8.40. The second kappa shape index (κ2) is 10.3. The first kappa shape index (κ1) is 23.8. The fourth-order valence-corrected chi connectivity index (χ4v) is 3.95. The molecule has 1 amide bonds. The number of aryl methyl sites for hydroxylation is 2. The second-order valence-electron chi connectivity index (χ2n) is 8.40. The van der Waals surface area contributed by atoms with Gasteiger partial charge in [-0.25, -0.2) is 4.79 Å². The zero-order valence-electron chi connectivity index (χ0n) is 19.9. The summed E-state index contributed by atoms with van der Waals surface area (Å²) in [7, 11) is 1.76. The summed E-state index contributed by atoms with van der Waals surface area (Å²) in [6.07, 6.45) is 0.766. The largest absolute Gasteiger partial charge is 0.481 e. The Balaban J connectivity index is 1.50. The van der Waals surface area contributed by atoms with Crippen LogP contribution in [0.3, 0.4) is 0 Å². The van der Waals surface area contributed by atoms with Crippen molar-refractivity contribution < 1.29 is 19.4 Å². The number of benzene rings is 3. The van der Waals surface area contributed by atoms with Gasteiger partial charge in [0.1, 0.15) is 11.9 Å². The number of nitrogens with zero attached hydrogens (tertiary/aromatic N) is 2. The van der Waals surface area contributed by atoms with Crippen LogP contribution in [0.2, 0.25) is 0 Å². The smallest absolute Gasteiger partial charge is 0.413 e. The van der Waals surface area contributed by atoms with Gasteiger partial charge in [-0.1, -0.05) is 72.8 Å². The summed E-state index contributed by atoms with van der Waals surface area (Å²) < 4.78 is 7.15. The van der Waals surface area contributed by atoms with Crippen LogP contribution in [0, 0.1) is 6.92 Å². The van der Waals surface area contributed by atoms with Gasteiger partial charge in [0.25, 0.3) is 0 Å². The van der Waals surface area contributed by atoms with Crippen LogP contribution in [0.25, 0.3) is 22.3 Å². The Bertz CT molecular complexity index is 1340. The average molecular weight is 470 g/mol. The summed E-state index contributed by atoms with van der Waals surface area (Å²) in [5.74, 6) is -0.304. The van der Waals surface area contributed by atoms with Crippen molar-refractivity contribution in [3.63, 3.8) is 0 Å². The highest BCUT2D eigenvalue weighted by molar-refractivity contribution is 5.90. The Labute approximate surface area is 204 Å². The molecule has 1 heterocycles. The number of hydrogen-bond donors (Lipinski definition) is 2. The normalized spacial score (nSPS) is 11.6. The lowest BCUT2D eigenvalue weighted by molar-refractivity contribution is -0.136. The Morgan fingerprint density at radius 3 is 2.31 bits per heavy atom. The number of amides is 1. The van der Waals surface area contributed by atoms with Crippen LogP contribution < -0.4 is 5.32 Å². The van der Waals surface area contributed by atoms with Gasteiger partial charge in [0.05, 0.1) is 12.6 Å². The molecule has 0 unspecified atom stereocenters. The van der Waals surface area contributed by atoms with E-state index in [0.717, 1.165) is 38.9 Å². The van der Waals surface area contributed by atoms with E-state index in [-0.39, 0.29) is 6.42 Å². The minimum absolute atomic E-state index is 0.00833. The topological polar surface area (TPSA) is 93.5 Å². The van der Waals surface area contributed by atoms with E-state index in [4.69, 9.17) is 9.84 Å². The molecule has 1 atom stereocenters. The van der Waals surface area contributed by atoms with Crippen molar-refractivity contribution in [3.8, 4) is 22.3 Å². The molecule has 0 aliphatic carbocycles. The summed E-state index contributed by atoms with van der Waals surface area (Å²) in [5, 5.41) is 16.2. The highest BCUT2D eigenvalue weighted by atomic mass is 16.6. The zero-order valence-corrected chi connectivity index (χ0v) is 19.9. The minimum Gasteiger partial charge on any atom is -0.481 e. The van der Waals surface area contributed by atoms with Gasteiger partial charge in [0.15, 0.2) is 0 Å². The van der Waals surface area contributed by atoms with Gasteiger partial charge < -0.3 is 9.84 Å². The van der Waals surface area contributed by atoms with E-state index in [2.05, 4.69) is 10.4 Å². The fraction of sp³-hybridized carbons (Fsp3) is 0.179. The zero-order chi connectivity index (χ0) is 24.9. The molecule has 0 aliphatic heterocycles. The van der Waals surface area contributed by atoms with Crippen molar-refractivity contribution in [2.45, 2.75) is 26.4 Å². The molecule has 2 N–H and O–H groups in total. The molecule has 178 valence electrons. The van der Waals surface area contributed by atoms with Gasteiger partial charge in [-0.15, -0.1) is 0 Å². The molecule has 7 nitrogen and oxygen atoms in total. The van der Waals surface area contributed by atoms with Crippen molar-refractivity contribution in [2.24, 2.45) is 7.05 Å². The number of carboxylic acids is 1. The van der Waals surface area contributed by atoms with Gasteiger partial charge in [-0.05, 0) is 47.2 Å². The molecule has 7 heteroatoms. The van der Waals surface area contributed by atoms with E-state index in [1.54, 1.807) is 17.9 Å². The number of aliphatic carboxylic acids is 1. The van der Waals surface area contributed by atoms with E-state index in [1.807, 2.05) is 86.6 Å². The summed E-state index contributed by atoms with van der Waals surface area (Å²) in [6.45, 7) is 3.75. The number of rotatable bonds is 7. The van der Waals surface area contributed by atoms with Crippen molar-refractivity contribution in [1.29, 1.82) is 0 Å². The predicted octanol–water partition coefficient (Wildman–Crippen LogP) is 6.00. The molecule has 35 heavy (non-hydrogen) atoms. The van der Waals surface area contributed by atoms with E-state index in [0.29, 0.717) is 5.82 Å². The Hall–Kier alpha value is -4.39. The Morgan fingerprint density at radius 2 is 1.66 bits per heavy atom. The molecular weight excluding hydrogens is 442 g/mol. The first-order valence-corrected chi connectivity index (χ1v) is 11.3. The molecule has 0 saturated carbocycles. The monoisotopic (exact) mass is 469 g/mol. The summed E-state index contributed by atoms with van der Waals surface area (Å²) in [5.41, 5.74) is 6.34. The van der Waals surface area contributed by atoms with Crippen LogP contribution in [0.15, 0.2) is 79.0 Å². The molecule has 4 rings (SSSR count). The van der Waals surface area contributed by atoms with Crippen molar-refractivity contribution >= 4 is 17.9 Å². The summed E-state index contributed by atoms with van der Waals surface area (Å²) >= 11 is 0. The first-order valence-electron chi connectivity index (χ1n) is 11.3. The highest BCUT2D eigenvalue weighted by Crippen LogP contribution is 2.31. The van der Waals surface area contributed by atoms with Crippen LogP contribution in [0.4, 0.5) is 10.6 Å². The molecule has 4 aromatic rings. The lowest BCUT2D eigenvalue weighted by Gasteiger charge is -2.15. The highest BCUT2D eigenvalue weighted by Gasteiger charge is 2.17. The van der Waals surface area contributed by atoms with E-state index in [1.165, 1.54) is 0 Å². The quantitative estimate of drug-likeness (QED) is 0.346. The molecule has 0 radical (unpaired) electrons. The van der Waals surface area contributed by atoms with Crippen LogP contribution in [-0.2, 0) is 23.0 Å². The molecule has 0 saturated heterocycles. The maximum Gasteiger partial charge on any atom is 0.413 e. The number of carboxylic acid groups (broad SMARTS) is 1. The predicted molar refractivity (Wildman–Crippen MR) is 135 cm³/mol. The molecule has 0 aliphatic rings. The fourth-order valence-electron chi connectivity index (χ4n) is 3.95. The Kier molecular flexibility index (Phi) is 6.96. The van der Waals surface area contributed by atoms with Crippen LogP contribution in [-0.4, -0.2) is 26.9 Å². The summed E-state index contributed by atoms with van der Waals surface area (Å²) in [4.78, 5) is 23.6. The minimum atomic E-state index is -0.843. The molecule has 0 fully saturated rings. The Morgan fingerprint density at radius 1 is 1.00 bits per heavy atom. The first-order chi connectivity index (χ1) is 16.8. The van der Waals surface area contributed by atoms with E-state index >= 15 is 0 Å². The van der Waals surface area contributed by atoms with E-state index in [9.17, 15) is 9.59 Å². The van der Waals surface area contributed by atoms with Gasteiger partial charge in [-0.3, -0.25) is 14.8 Å². The van der Waals surface area contributed by atoms with Crippen molar-refractivity contribution in [2.75, 3.05) is 5.32 Å². The van der Waals surface area contributed by atoms with Gasteiger partial charge in [-0.2, -0.15) is 5.10 Å². The van der Waals surface area contributed by atoms with Crippen molar-refractivity contribution in [1.82, 2.24) is 9.78 Å². The van der Waals surface area contributed by atoms with Gasteiger partial charge in [0, 0.05) is 12.6 Å². The van der Waals surface area contributed by atoms with Gasteiger partial charge in [0.2, 0.25) is 0 Å². The number of ether oxygens (including phenoxy) is 1. The third-order valence-corrected chi connectivity index (χ3v) is 5.93. The number of nitrogens with one attached hydrogen (secondary N) is 1. The number of hydrogen-bond acceptors (Lipinski definition) is 4.